The lowest BCUT2D eigenvalue weighted by Gasteiger charge is -2.31. The van der Waals surface area contributed by atoms with Crippen LogP contribution in [0.1, 0.15) is 149 Å². The number of quaternary nitrogens is 1. The van der Waals surface area contributed by atoms with Gasteiger partial charge in [0.05, 0.1) is 34.4 Å². The fraction of sp³-hybridized carbons (Fsp3) is 0.674. The molecule has 1 N–H and O–H groups in total. The first-order valence-electron chi connectivity index (χ1n) is 21.0. The molecule has 0 aliphatic rings. The Morgan fingerprint density at radius 1 is 0.556 bits per heavy atom. The van der Waals surface area contributed by atoms with Gasteiger partial charge in [-0.15, -0.1) is 0 Å². The largest absolute Gasteiger partial charge is 0.477 e. The Kier molecular flexibility index (Phi) is 34.5. The Hall–Kier alpha value is -3.23. The highest BCUT2D eigenvalue weighted by molar-refractivity contribution is 5.72. The second-order valence-electron chi connectivity index (χ2n) is 14.8. The Morgan fingerprint density at radius 2 is 0.981 bits per heavy atom. The quantitative estimate of drug-likeness (QED) is 0.0294. The van der Waals surface area contributed by atoms with Crippen LogP contribution in [0.15, 0.2) is 72.9 Å². The first kappa shape index (κ1) is 50.8. The summed E-state index contributed by atoms with van der Waals surface area (Å²) in [5.74, 6) is -1.52. The van der Waals surface area contributed by atoms with Crippen LogP contribution in [-0.2, 0) is 28.6 Å². The molecule has 2 unspecified atom stereocenters. The maximum atomic E-state index is 12.7. The highest BCUT2D eigenvalue weighted by Crippen LogP contribution is 2.13. The first-order chi connectivity index (χ1) is 26.1. The predicted molar refractivity (Wildman–Crippen MR) is 224 cm³/mol. The second kappa shape index (κ2) is 36.7. The van der Waals surface area contributed by atoms with Crippen molar-refractivity contribution >= 4 is 17.9 Å². The van der Waals surface area contributed by atoms with Crippen molar-refractivity contribution in [2.45, 2.75) is 161 Å². The molecule has 0 fully saturated rings. The van der Waals surface area contributed by atoms with Crippen LogP contribution in [0.5, 0.6) is 0 Å². The van der Waals surface area contributed by atoms with Crippen molar-refractivity contribution in [1.82, 2.24) is 0 Å². The van der Waals surface area contributed by atoms with Crippen molar-refractivity contribution in [2.24, 2.45) is 0 Å². The van der Waals surface area contributed by atoms with Crippen LogP contribution in [0.25, 0.3) is 0 Å². The number of allylic oxidation sites excluding steroid dienone is 12. The topological polar surface area (TPSA) is 99.1 Å². The van der Waals surface area contributed by atoms with Crippen LogP contribution < -0.4 is 0 Å². The number of rotatable bonds is 36. The van der Waals surface area contributed by atoms with Gasteiger partial charge in [0.15, 0.2) is 12.1 Å². The van der Waals surface area contributed by atoms with Gasteiger partial charge in [0, 0.05) is 19.3 Å². The molecule has 2 atom stereocenters. The van der Waals surface area contributed by atoms with Gasteiger partial charge in [0.1, 0.15) is 6.61 Å². The van der Waals surface area contributed by atoms with Crippen molar-refractivity contribution in [1.29, 1.82) is 0 Å². The molecule has 0 heterocycles. The number of esters is 2. The van der Waals surface area contributed by atoms with E-state index in [1.807, 2.05) is 21.1 Å². The monoisotopic (exact) mass is 757 g/mol. The van der Waals surface area contributed by atoms with E-state index in [0.29, 0.717) is 19.3 Å². The van der Waals surface area contributed by atoms with E-state index >= 15 is 0 Å². The molecule has 8 heteroatoms. The maximum Gasteiger partial charge on any atom is 0.362 e. The zero-order valence-corrected chi connectivity index (χ0v) is 34.9. The lowest BCUT2D eigenvalue weighted by molar-refractivity contribution is -0.887. The minimum atomic E-state index is -0.884. The Morgan fingerprint density at radius 3 is 1.44 bits per heavy atom. The molecule has 0 aromatic rings. The molecule has 0 aromatic carbocycles. The van der Waals surface area contributed by atoms with Gasteiger partial charge in [0.2, 0.25) is 0 Å². The van der Waals surface area contributed by atoms with Crippen LogP contribution in [0.2, 0.25) is 0 Å². The fourth-order valence-electron chi connectivity index (χ4n) is 5.65. The normalized spacial score (nSPS) is 13.7. The number of carbonyl (C=O) groups excluding carboxylic acids is 2. The van der Waals surface area contributed by atoms with Crippen LogP contribution in [0.3, 0.4) is 0 Å². The number of carboxylic acid groups (broad SMARTS) is 1. The molecule has 0 aromatic heterocycles. The predicted octanol–water partition coefficient (Wildman–Crippen LogP) is 11.2. The number of nitrogens with zero attached hydrogens (tertiary/aromatic N) is 1. The standard InChI is InChI=1S/C46H77NO7/c1-6-8-10-12-14-16-18-20-22-23-25-27-29-31-33-35-37-45(49)54-42(40-52-39-38-43(46(50)51)47(3,4)5)41-53-44(48)36-34-32-30-28-26-24-21-19-17-15-13-11-9-7-2/h8-11,14-17,20-22,24,42-43H,6-7,12-13,18-19,23,25-41H2,1-5H3/p+1/b10-8+,11-9+,16-14+,17-15+,22-20+,24-21+. The summed E-state index contributed by atoms with van der Waals surface area (Å²) in [6, 6.07) is -0.623. The van der Waals surface area contributed by atoms with E-state index in [2.05, 4.69) is 86.8 Å². The molecule has 0 radical (unpaired) electrons. The van der Waals surface area contributed by atoms with E-state index in [-0.39, 0.29) is 36.2 Å². The van der Waals surface area contributed by atoms with Crippen molar-refractivity contribution in [2.75, 3.05) is 41.0 Å². The summed E-state index contributed by atoms with van der Waals surface area (Å²) in [6.45, 7) is 4.45. The SMILES string of the molecule is CC/C=C/C/C=C/C/C=C/CCCCCCCCC(=O)OC(COCCC(C(=O)O)[N+](C)(C)C)COC(=O)CCCCCC/C=C/C/C=C/C/C=C/CC. The lowest BCUT2D eigenvalue weighted by Crippen LogP contribution is -2.50. The van der Waals surface area contributed by atoms with E-state index in [9.17, 15) is 19.5 Å². The minimum Gasteiger partial charge on any atom is -0.477 e. The Balaban J connectivity index is 4.44. The minimum absolute atomic E-state index is 0.0444. The highest BCUT2D eigenvalue weighted by atomic mass is 16.6. The molecule has 54 heavy (non-hydrogen) atoms. The average Bonchev–Trinajstić information content (AvgIpc) is 3.12. The molecule has 0 saturated heterocycles. The lowest BCUT2D eigenvalue weighted by atomic mass is 10.1. The zero-order chi connectivity index (χ0) is 40.0. The Labute approximate surface area is 330 Å². The third-order valence-electron chi connectivity index (χ3n) is 8.85. The molecular weight excluding hydrogens is 679 g/mol. The summed E-state index contributed by atoms with van der Waals surface area (Å²) >= 11 is 0. The Bertz CT molecular complexity index is 1110. The molecule has 0 bridgehead atoms. The smallest absolute Gasteiger partial charge is 0.362 e. The maximum absolute atomic E-state index is 12.7. The van der Waals surface area contributed by atoms with E-state index in [4.69, 9.17) is 14.2 Å². The van der Waals surface area contributed by atoms with E-state index in [0.717, 1.165) is 103 Å². The number of hydrogen-bond acceptors (Lipinski definition) is 6. The summed E-state index contributed by atoms with van der Waals surface area (Å²) < 4.78 is 17.2. The molecule has 0 amide bonds. The molecule has 0 saturated carbocycles. The number of aliphatic carboxylic acids is 1. The van der Waals surface area contributed by atoms with E-state index < -0.39 is 18.1 Å². The number of ether oxygens (including phenoxy) is 3. The molecule has 0 aliphatic heterocycles. The van der Waals surface area contributed by atoms with Gasteiger partial charge in [-0.05, 0) is 77.0 Å². The highest BCUT2D eigenvalue weighted by Gasteiger charge is 2.31. The number of carboxylic acids is 1. The van der Waals surface area contributed by atoms with Gasteiger partial charge in [-0.25, -0.2) is 4.79 Å². The third-order valence-corrected chi connectivity index (χ3v) is 8.85. The third kappa shape index (κ3) is 34.5. The average molecular weight is 757 g/mol. The van der Waals surface area contributed by atoms with Crippen molar-refractivity contribution in [3.05, 3.63) is 72.9 Å². The van der Waals surface area contributed by atoms with Crippen LogP contribution >= 0.6 is 0 Å². The summed E-state index contributed by atoms with van der Waals surface area (Å²) in [5, 5.41) is 9.61. The van der Waals surface area contributed by atoms with Crippen LogP contribution in [-0.4, -0.2) is 80.6 Å². The summed E-state index contributed by atoms with van der Waals surface area (Å²) in [7, 11) is 5.50. The van der Waals surface area contributed by atoms with Crippen LogP contribution in [0.4, 0.5) is 0 Å². The van der Waals surface area contributed by atoms with Crippen molar-refractivity contribution < 1.29 is 38.2 Å². The molecule has 8 nitrogen and oxygen atoms in total. The fourth-order valence-corrected chi connectivity index (χ4v) is 5.65. The first-order valence-corrected chi connectivity index (χ1v) is 21.0. The van der Waals surface area contributed by atoms with Gasteiger partial charge in [-0.2, -0.15) is 0 Å². The van der Waals surface area contributed by atoms with Gasteiger partial charge in [-0.3, -0.25) is 9.59 Å². The van der Waals surface area contributed by atoms with E-state index in [1.165, 1.54) is 12.8 Å². The van der Waals surface area contributed by atoms with Gasteiger partial charge in [-0.1, -0.05) is 125 Å². The number of hydrogen-bond donors (Lipinski definition) is 1. The zero-order valence-electron chi connectivity index (χ0n) is 34.9. The molecule has 0 aliphatic carbocycles. The molecule has 0 spiro atoms. The molecule has 0 rings (SSSR count). The second-order valence-corrected chi connectivity index (χ2v) is 14.8. The van der Waals surface area contributed by atoms with Crippen molar-refractivity contribution in [3.63, 3.8) is 0 Å². The van der Waals surface area contributed by atoms with Gasteiger partial charge in [0.25, 0.3) is 0 Å². The van der Waals surface area contributed by atoms with Gasteiger partial charge >= 0.3 is 17.9 Å². The number of carbonyl (C=O) groups is 3. The number of unbranched alkanes of at least 4 members (excludes halogenated alkanes) is 10. The van der Waals surface area contributed by atoms with Crippen LogP contribution in [0, 0.1) is 0 Å². The summed E-state index contributed by atoms with van der Waals surface area (Å²) in [6.07, 6.45) is 45.1. The summed E-state index contributed by atoms with van der Waals surface area (Å²) in [4.78, 5) is 36.9. The van der Waals surface area contributed by atoms with Crippen molar-refractivity contribution in [3.8, 4) is 0 Å². The molecular formula is C46H78NO7+. The van der Waals surface area contributed by atoms with E-state index in [1.54, 1.807) is 0 Å². The number of likely N-dealkylation sites (N-methyl/N-ethyl adjacent to an activating group) is 1. The molecule has 308 valence electrons. The van der Waals surface area contributed by atoms with Gasteiger partial charge < -0.3 is 23.8 Å². The summed E-state index contributed by atoms with van der Waals surface area (Å²) in [5.41, 5.74) is 0.